The molecule has 0 saturated heterocycles. The van der Waals surface area contributed by atoms with Crippen molar-refractivity contribution in [3.05, 3.63) is 0 Å². The van der Waals surface area contributed by atoms with Gasteiger partial charge in [0.15, 0.2) is 0 Å². The van der Waals surface area contributed by atoms with Crippen LogP contribution in [0.5, 0.6) is 0 Å². The molecule has 0 radical (unpaired) electrons. The van der Waals surface area contributed by atoms with E-state index in [9.17, 15) is 13.1 Å². The third-order valence-electron chi connectivity index (χ3n) is 0. The predicted molar refractivity (Wildman–Crippen MR) is 60.5 cm³/mol. The molecule has 0 atom stereocenters. The van der Waals surface area contributed by atoms with Gasteiger partial charge in [-0.1, -0.05) is 0 Å². The van der Waals surface area contributed by atoms with E-state index < -0.39 is 17.9 Å². The van der Waals surface area contributed by atoms with Crippen LogP contribution in [0.3, 0.4) is 0 Å². The first-order valence-electron chi connectivity index (χ1n) is 1.07. The van der Waals surface area contributed by atoms with Gasteiger partial charge in [0.1, 0.15) is 0 Å². The third kappa shape index (κ3) is 92.7. The molecule has 0 aromatic carbocycles. The Morgan fingerprint density at radius 3 is 0.700 bits per heavy atom. The molecule has 0 unspecified atom stereocenters. The van der Waals surface area contributed by atoms with Crippen molar-refractivity contribution < 1.29 is 31.0 Å². The van der Waals surface area contributed by atoms with Crippen LogP contribution >= 0.6 is 78.7 Å². The van der Waals surface area contributed by atoms with Crippen molar-refractivity contribution in [3.8, 4) is 0 Å². The van der Waals surface area contributed by atoms with E-state index in [1.807, 2.05) is 0 Å². The summed E-state index contributed by atoms with van der Waals surface area (Å²) in [7, 11) is 0. The molecular formula is F4I4Os2. The molecule has 10 heteroatoms. The monoisotopic (exact) mass is 968 g/mol. The van der Waals surface area contributed by atoms with Crippen molar-refractivity contribution in [2.75, 3.05) is 0 Å². The summed E-state index contributed by atoms with van der Waals surface area (Å²) >= 11 is 3.07. The number of hydrogen-bond acceptors (Lipinski definition) is 0. The number of rotatable bonds is 0. The fraction of sp³-hybridized carbons (Fsp3) is 0. The van der Waals surface area contributed by atoms with Gasteiger partial charge in [0, 0.05) is 0 Å². The Bertz CT molecular complexity index is 58.2. The molecule has 0 amide bonds. The summed E-state index contributed by atoms with van der Waals surface area (Å²) in [6, 6.07) is 0. The van der Waals surface area contributed by atoms with Crippen LogP contribution in [0.25, 0.3) is 0 Å². The van der Waals surface area contributed by atoms with Crippen LogP contribution in [-0.4, -0.2) is 0 Å². The van der Waals surface area contributed by atoms with Crippen LogP contribution in [0.2, 0.25) is 0 Å². The molecule has 0 bridgehead atoms. The van der Waals surface area contributed by atoms with Crippen molar-refractivity contribution in [2.45, 2.75) is 0 Å². The summed E-state index contributed by atoms with van der Waals surface area (Å²) in [6.45, 7) is 0. The van der Waals surface area contributed by atoms with Gasteiger partial charge in [-0.15, -0.1) is 0 Å². The Hall–Kier alpha value is 3.91. The second-order valence-electron chi connectivity index (χ2n) is 0.606. The molecule has 0 spiro atoms. The van der Waals surface area contributed by atoms with E-state index in [-0.39, 0.29) is 0 Å². The molecule has 0 nitrogen and oxygen atoms in total. The van der Waals surface area contributed by atoms with Gasteiger partial charge in [0.2, 0.25) is 0 Å². The van der Waals surface area contributed by atoms with Crippen LogP contribution in [-0.2, 0) is 17.9 Å². The average molecular weight is 964 g/mol. The van der Waals surface area contributed by atoms with Crippen molar-refractivity contribution in [1.29, 1.82) is 0 Å². The van der Waals surface area contributed by atoms with Gasteiger partial charge in [0.25, 0.3) is 0 Å². The standard InChI is InChI=1S/4FH.4HI.2Os/h8*1H;;/q;;;;;;;;2*+4/p-8. The Morgan fingerprint density at radius 2 is 0.700 bits per heavy atom. The van der Waals surface area contributed by atoms with Crippen molar-refractivity contribution in [2.24, 2.45) is 0 Å². The molecule has 0 saturated carbocycles. The molecule has 0 N–H and O–H groups in total. The Balaban J connectivity index is 0. The van der Waals surface area contributed by atoms with Crippen LogP contribution < -0.4 is 0 Å². The summed E-state index contributed by atoms with van der Waals surface area (Å²) in [4.78, 5) is 0. The van der Waals surface area contributed by atoms with E-state index in [4.69, 9.17) is 0 Å². The van der Waals surface area contributed by atoms with Crippen LogP contribution in [0, 0.1) is 0 Å². The zero-order valence-electron chi connectivity index (χ0n) is 3.73. The van der Waals surface area contributed by atoms with E-state index in [0.717, 1.165) is 0 Å². The molecule has 0 aromatic rings. The molecule has 72 valence electrons. The quantitative estimate of drug-likeness (QED) is 0.231. The molecule has 0 fully saturated rings. The number of hydrogen-bond donors (Lipinski definition) is 0. The minimum absolute atomic E-state index is 1.18. The molecule has 0 rings (SSSR count). The summed E-state index contributed by atoms with van der Waals surface area (Å²) in [6.07, 6.45) is 0. The predicted octanol–water partition coefficient (Wildman–Crippen LogP) is 5.22. The van der Waals surface area contributed by atoms with Crippen LogP contribution in [0.4, 0.5) is 13.1 Å². The fourth-order valence-corrected chi connectivity index (χ4v) is 0. The molecule has 0 aliphatic rings. The summed E-state index contributed by atoms with van der Waals surface area (Å²) in [5, 5.41) is 0. The molecule has 10 heavy (non-hydrogen) atoms. The first-order valence-corrected chi connectivity index (χ1v) is 33.7. The fourth-order valence-electron chi connectivity index (χ4n) is 0. The van der Waals surface area contributed by atoms with Gasteiger partial charge in [0.05, 0.1) is 0 Å². The van der Waals surface area contributed by atoms with Gasteiger partial charge in [-0.2, -0.15) is 0 Å². The summed E-state index contributed by atoms with van der Waals surface area (Å²) in [5.41, 5.74) is 0. The van der Waals surface area contributed by atoms with E-state index in [1.54, 1.807) is 0 Å². The molecule has 0 aliphatic heterocycles. The van der Waals surface area contributed by atoms with Crippen LogP contribution in [0.15, 0.2) is 0 Å². The van der Waals surface area contributed by atoms with Crippen molar-refractivity contribution in [3.63, 3.8) is 0 Å². The molecule has 0 aliphatic carbocycles. The Morgan fingerprint density at radius 1 is 0.700 bits per heavy atom. The minimum atomic E-state index is -7.06. The van der Waals surface area contributed by atoms with E-state index >= 15 is 0 Å². The maximum absolute atomic E-state index is 9.88. The van der Waals surface area contributed by atoms with Gasteiger partial charge < -0.3 is 0 Å². The normalized spacial score (nSPS) is 15.2. The molecule has 0 heterocycles. The average Bonchev–Trinajstić information content (AvgIpc) is 1.12. The summed E-state index contributed by atoms with van der Waals surface area (Å²) < 4.78 is 38.4. The first kappa shape index (κ1) is 16.3. The van der Waals surface area contributed by atoms with Crippen molar-refractivity contribution >= 4 is 78.7 Å². The molecule has 0 aromatic heterocycles. The molecular weight excluding hydrogens is 964 g/mol. The van der Waals surface area contributed by atoms with Crippen molar-refractivity contribution in [1.82, 2.24) is 0 Å². The van der Waals surface area contributed by atoms with Crippen LogP contribution in [0.1, 0.15) is 0 Å². The zero-order valence-corrected chi connectivity index (χ0v) is 17.4. The second-order valence-corrected chi connectivity index (χ2v) is 114. The second kappa shape index (κ2) is 7.24. The van der Waals surface area contributed by atoms with E-state index in [1.165, 1.54) is 0 Å². The summed E-state index contributed by atoms with van der Waals surface area (Å²) in [5.74, 6) is 0. The maximum atomic E-state index is 9.88. The third-order valence-corrected chi connectivity index (χ3v) is 0. The van der Waals surface area contributed by atoms with E-state index in [0.29, 0.717) is 0 Å². The van der Waals surface area contributed by atoms with Gasteiger partial charge >= 0.3 is 110 Å². The van der Waals surface area contributed by atoms with Gasteiger partial charge in [-0.25, -0.2) is 0 Å². The number of halogens is 8. The van der Waals surface area contributed by atoms with Gasteiger partial charge in [-0.05, 0) is 0 Å². The Labute approximate surface area is 107 Å². The SMILES string of the molecule is [F][Os]([F])([F])[F].[I][Os]([I])([I])[I]. The van der Waals surface area contributed by atoms with Gasteiger partial charge in [-0.3, -0.25) is 0 Å². The zero-order chi connectivity index (χ0) is 9.00. The Kier molecular flexibility index (Phi) is 11.8. The van der Waals surface area contributed by atoms with E-state index in [2.05, 4.69) is 78.7 Å². The topological polar surface area (TPSA) is 0 Å². The first-order chi connectivity index (χ1) is 4.00.